The number of hydrogen-bond donors (Lipinski definition) is 2. The van der Waals surface area contributed by atoms with Crippen LogP contribution in [0.2, 0.25) is 0 Å². The number of hydrogen-bond acceptors (Lipinski definition) is 4. The minimum Gasteiger partial charge on any atom is -0.346 e. The van der Waals surface area contributed by atoms with E-state index in [-0.39, 0.29) is 18.4 Å². The van der Waals surface area contributed by atoms with Gasteiger partial charge in [-0.2, -0.15) is 0 Å². The summed E-state index contributed by atoms with van der Waals surface area (Å²) in [7, 11) is 0. The Labute approximate surface area is 158 Å². The predicted molar refractivity (Wildman–Crippen MR) is 105 cm³/mol. The number of rotatable bonds is 6. The first kappa shape index (κ1) is 18.6. The van der Waals surface area contributed by atoms with Crippen LogP contribution in [0.3, 0.4) is 0 Å². The summed E-state index contributed by atoms with van der Waals surface area (Å²) in [5, 5.41) is 7.71. The number of carbonyl (C=O) groups excluding carboxylic acids is 2. The quantitative estimate of drug-likeness (QED) is 0.819. The molecule has 0 aliphatic carbocycles. The molecule has 0 spiro atoms. The van der Waals surface area contributed by atoms with Gasteiger partial charge in [0.1, 0.15) is 0 Å². The summed E-state index contributed by atoms with van der Waals surface area (Å²) in [5.41, 5.74) is 2.85. The van der Waals surface area contributed by atoms with Crippen molar-refractivity contribution in [3.8, 4) is 0 Å². The van der Waals surface area contributed by atoms with Crippen LogP contribution in [0.5, 0.6) is 0 Å². The summed E-state index contributed by atoms with van der Waals surface area (Å²) in [6.45, 7) is 5.16. The highest BCUT2D eigenvalue weighted by Gasteiger charge is 2.28. The van der Waals surface area contributed by atoms with E-state index in [4.69, 9.17) is 0 Å². The van der Waals surface area contributed by atoms with E-state index < -0.39 is 0 Å². The van der Waals surface area contributed by atoms with Gasteiger partial charge in [-0.1, -0.05) is 24.3 Å². The molecule has 3 rings (SSSR count). The molecule has 6 heteroatoms. The normalized spacial score (nSPS) is 17.2. The van der Waals surface area contributed by atoms with Crippen molar-refractivity contribution in [2.45, 2.75) is 32.7 Å². The second kappa shape index (κ2) is 8.47. The van der Waals surface area contributed by atoms with Crippen molar-refractivity contribution < 1.29 is 9.59 Å². The second-order valence-corrected chi connectivity index (χ2v) is 7.71. The summed E-state index contributed by atoms with van der Waals surface area (Å²) < 4.78 is 0. The van der Waals surface area contributed by atoms with Crippen LogP contribution in [-0.4, -0.2) is 36.3 Å². The molecule has 2 N–H and O–H groups in total. The van der Waals surface area contributed by atoms with Crippen molar-refractivity contribution >= 4 is 28.8 Å². The maximum atomic E-state index is 12.3. The zero-order valence-electron chi connectivity index (χ0n) is 15.2. The first-order chi connectivity index (χ1) is 12.5. The fraction of sp³-hybridized carbons (Fsp3) is 0.400. The molecular formula is C20H25N3O2S. The molecule has 2 aromatic rings. The number of nitrogens with zero attached hydrogens (tertiary/aromatic N) is 1. The van der Waals surface area contributed by atoms with Crippen molar-refractivity contribution in [3.63, 3.8) is 0 Å². The molecule has 0 radical (unpaired) electrons. The molecular weight excluding hydrogens is 346 g/mol. The van der Waals surface area contributed by atoms with Crippen molar-refractivity contribution in [2.24, 2.45) is 0 Å². The molecule has 26 heavy (non-hydrogen) atoms. The highest BCUT2D eigenvalue weighted by atomic mass is 32.1. The van der Waals surface area contributed by atoms with E-state index in [2.05, 4.69) is 33.0 Å². The van der Waals surface area contributed by atoms with Gasteiger partial charge in [-0.25, -0.2) is 0 Å². The van der Waals surface area contributed by atoms with Gasteiger partial charge >= 0.3 is 0 Å². The minimum atomic E-state index is -0.202. The summed E-state index contributed by atoms with van der Waals surface area (Å²) in [4.78, 5) is 28.0. The third kappa shape index (κ3) is 4.51. The average Bonchev–Trinajstić information content (AvgIpc) is 3.27. The first-order valence-electron chi connectivity index (χ1n) is 8.95. The molecule has 0 saturated carbocycles. The lowest BCUT2D eigenvalue weighted by Gasteiger charge is -2.22. The Hall–Kier alpha value is -2.18. The van der Waals surface area contributed by atoms with Crippen LogP contribution in [0.1, 0.15) is 34.9 Å². The monoisotopic (exact) mass is 371 g/mol. The zero-order chi connectivity index (χ0) is 18.5. The van der Waals surface area contributed by atoms with Crippen LogP contribution in [0, 0.1) is 13.8 Å². The summed E-state index contributed by atoms with van der Waals surface area (Å²) in [6.07, 6.45) is 2.18. The van der Waals surface area contributed by atoms with Gasteiger partial charge in [-0.3, -0.25) is 14.5 Å². The van der Waals surface area contributed by atoms with Crippen LogP contribution in [0.4, 0.5) is 5.69 Å². The van der Waals surface area contributed by atoms with Gasteiger partial charge < -0.3 is 10.6 Å². The SMILES string of the molecule is Cc1cccc(C)c1NC(=O)CNC(=O)CN1CCC[C@@H]1c1cccs1. The number of likely N-dealkylation sites (tertiary alicyclic amines) is 1. The molecule has 2 amide bonds. The van der Waals surface area contributed by atoms with Crippen molar-refractivity contribution in [1.82, 2.24) is 10.2 Å². The Kier molecular flexibility index (Phi) is 6.06. The van der Waals surface area contributed by atoms with Crippen molar-refractivity contribution in [3.05, 3.63) is 51.7 Å². The number of nitrogens with one attached hydrogen (secondary N) is 2. The van der Waals surface area contributed by atoms with E-state index in [9.17, 15) is 9.59 Å². The molecule has 138 valence electrons. The number of thiophene rings is 1. The number of benzene rings is 1. The van der Waals surface area contributed by atoms with E-state index in [1.54, 1.807) is 11.3 Å². The predicted octanol–water partition coefficient (Wildman–Crippen LogP) is 3.26. The molecule has 2 heterocycles. The third-order valence-corrected chi connectivity index (χ3v) is 5.75. The summed E-state index contributed by atoms with van der Waals surface area (Å²) in [5.74, 6) is -0.308. The molecule has 0 bridgehead atoms. The Balaban J connectivity index is 1.49. The molecule has 1 aromatic heterocycles. The Morgan fingerprint density at radius 1 is 1.15 bits per heavy atom. The maximum absolute atomic E-state index is 12.3. The second-order valence-electron chi connectivity index (χ2n) is 6.74. The first-order valence-corrected chi connectivity index (χ1v) is 9.83. The van der Waals surface area contributed by atoms with Gasteiger partial charge in [-0.05, 0) is 55.8 Å². The van der Waals surface area contributed by atoms with E-state index >= 15 is 0 Å². The fourth-order valence-corrected chi connectivity index (χ4v) is 4.33. The number of anilines is 1. The van der Waals surface area contributed by atoms with Crippen molar-refractivity contribution in [2.75, 3.05) is 25.0 Å². The van der Waals surface area contributed by atoms with E-state index in [1.807, 2.05) is 32.0 Å². The van der Waals surface area contributed by atoms with E-state index in [1.165, 1.54) is 4.88 Å². The lowest BCUT2D eigenvalue weighted by molar-refractivity contribution is -0.125. The highest BCUT2D eigenvalue weighted by Crippen LogP contribution is 2.33. The largest absolute Gasteiger partial charge is 0.346 e. The lowest BCUT2D eigenvalue weighted by Crippen LogP contribution is -2.40. The Morgan fingerprint density at radius 2 is 1.92 bits per heavy atom. The summed E-state index contributed by atoms with van der Waals surface area (Å²) in [6, 6.07) is 10.4. The number of para-hydroxylation sites is 1. The van der Waals surface area contributed by atoms with Crippen LogP contribution >= 0.6 is 11.3 Å². The average molecular weight is 372 g/mol. The molecule has 1 fully saturated rings. The third-order valence-electron chi connectivity index (χ3n) is 4.77. The smallest absolute Gasteiger partial charge is 0.243 e. The van der Waals surface area contributed by atoms with Crippen LogP contribution < -0.4 is 10.6 Å². The number of carbonyl (C=O) groups is 2. The van der Waals surface area contributed by atoms with Gasteiger partial charge in [0, 0.05) is 16.6 Å². The Morgan fingerprint density at radius 3 is 2.62 bits per heavy atom. The molecule has 1 atom stereocenters. The Bertz CT molecular complexity index is 753. The molecule has 1 saturated heterocycles. The van der Waals surface area contributed by atoms with Gasteiger partial charge in [0.2, 0.25) is 11.8 Å². The minimum absolute atomic E-state index is 0.00981. The van der Waals surface area contributed by atoms with Crippen LogP contribution in [0.25, 0.3) is 0 Å². The van der Waals surface area contributed by atoms with E-state index in [0.29, 0.717) is 12.6 Å². The van der Waals surface area contributed by atoms with Gasteiger partial charge in [0.25, 0.3) is 0 Å². The summed E-state index contributed by atoms with van der Waals surface area (Å²) >= 11 is 1.74. The highest BCUT2D eigenvalue weighted by molar-refractivity contribution is 7.10. The van der Waals surface area contributed by atoms with Crippen molar-refractivity contribution in [1.29, 1.82) is 0 Å². The van der Waals surface area contributed by atoms with Gasteiger partial charge in [0.15, 0.2) is 0 Å². The van der Waals surface area contributed by atoms with Crippen LogP contribution in [-0.2, 0) is 9.59 Å². The zero-order valence-corrected chi connectivity index (χ0v) is 16.1. The van der Waals surface area contributed by atoms with Crippen LogP contribution in [0.15, 0.2) is 35.7 Å². The number of aryl methyl sites for hydroxylation is 2. The lowest BCUT2D eigenvalue weighted by atomic mass is 10.1. The van der Waals surface area contributed by atoms with Gasteiger partial charge in [-0.15, -0.1) is 11.3 Å². The van der Waals surface area contributed by atoms with Gasteiger partial charge in [0.05, 0.1) is 13.1 Å². The topological polar surface area (TPSA) is 61.4 Å². The molecule has 5 nitrogen and oxygen atoms in total. The maximum Gasteiger partial charge on any atom is 0.243 e. The molecule has 0 unspecified atom stereocenters. The molecule has 1 aliphatic heterocycles. The standard InChI is InChI=1S/C20H25N3O2S/c1-14-6-3-7-15(2)20(14)22-18(24)12-21-19(25)13-23-10-4-8-16(23)17-9-5-11-26-17/h3,5-7,9,11,16H,4,8,10,12-13H2,1-2H3,(H,21,25)(H,22,24)/t16-/m1/s1. The molecule has 1 aromatic carbocycles. The van der Waals surface area contributed by atoms with E-state index in [0.717, 1.165) is 36.2 Å². The fourth-order valence-electron chi connectivity index (χ4n) is 3.43. The number of amides is 2. The molecule has 1 aliphatic rings.